The average molecular weight is 320 g/mol. The highest BCUT2D eigenvalue weighted by atomic mass is 16.5. The number of aromatic nitrogens is 5. The topological polar surface area (TPSA) is 88.6 Å². The molecule has 4 aromatic heterocycles. The first-order valence-electron chi connectivity index (χ1n) is 7.63. The minimum absolute atomic E-state index is 0.577. The van der Waals surface area contributed by atoms with Crippen LogP contribution in [0.15, 0.2) is 43.0 Å². The van der Waals surface area contributed by atoms with Gasteiger partial charge in [0.2, 0.25) is 5.95 Å². The average Bonchev–Trinajstić information content (AvgIpc) is 3.00. The van der Waals surface area contributed by atoms with E-state index in [0.717, 1.165) is 33.2 Å². The molecule has 0 saturated heterocycles. The highest BCUT2D eigenvalue weighted by Gasteiger charge is 2.08. The molecule has 24 heavy (non-hydrogen) atoms. The van der Waals surface area contributed by atoms with Crippen LogP contribution in [0.4, 0.5) is 5.95 Å². The Labute approximate surface area is 138 Å². The minimum atomic E-state index is 0.577. The molecule has 0 spiro atoms. The van der Waals surface area contributed by atoms with Gasteiger partial charge in [0.15, 0.2) is 0 Å². The molecule has 4 rings (SSSR count). The molecule has 7 nitrogen and oxygen atoms in total. The van der Waals surface area contributed by atoms with E-state index >= 15 is 0 Å². The van der Waals surface area contributed by atoms with E-state index in [1.807, 2.05) is 24.4 Å². The normalized spacial score (nSPS) is 11.2. The Morgan fingerprint density at radius 3 is 2.79 bits per heavy atom. The third kappa shape index (κ3) is 2.65. The summed E-state index contributed by atoms with van der Waals surface area (Å²) in [6, 6.07) is 5.96. The molecule has 0 aromatic carbocycles. The second-order valence-corrected chi connectivity index (χ2v) is 5.35. The summed E-state index contributed by atoms with van der Waals surface area (Å²) in [6.07, 6.45) is 7.14. The van der Waals surface area contributed by atoms with Gasteiger partial charge in [-0.1, -0.05) is 0 Å². The number of aromatic amines is 1. The summed E-state index contributed by atoms with van der Waals surface area (Å²) < 4.78 is 4.99. The lowest BCUT2D eigenvalue weighted by atomic mass is 10.2. The Hall–Kier alpha value is -3.06. The van der Waals surface area contributed by atoms with Crippen LogP contribution < -0.4 is 5.32 Å². The highest BCUT2D eigenvalue weighted by molar-refractivity contribution is 6.05. The van der Waals surface area contributed by atoms with Crippen molar-refractivity contribution < 1.29 is 4.74 Å². The molecule has 0 atom stereocenters. The second kappa shape index (κ2) is 6.21. The van der Waals surface area contributed by atoms with Crippen LogP contribution in [0.2, 0.25) is 0 Å². The standard InChI is InChI=1S/C17H16N6O/c1-24-7-6-19-17-20-8-11(9-21-17)14-3-2-12-13-10-18-5-4-15(13)23-16(12)22-14/h2-5,8-10H,6-7H2,1H3,(H,22,23)(H,19,20,21). The van der Waals surface area contributed by atoms with Crippen molar-refractivity contribution in [3.05, 3.63) is 43.0 Å². The first kappa shape index (κ1) is 14.5. The molecule has 0 aliphatic rings. The fraction of sp³-hybridized carbons (Fsp3) is 0.176. The van der Waals surface area contributed by atoms with E-state index in [2.05, 4.69) is 30.2 Å². The van der Waals surface area contributed by atoms with Crippen molar-refractivity contribution in [2.75, 3.05) is 25.6 Å². The van der Waals surface area contributed by atoms with Gasteiger partial charge in [-0.05, 0) is 18.2 Å². The predicted octanol–water partition coefficient (Wildman–Crippen LogP) is 2.63. The van der Waals surface area contributed by atoms with E-state index in [0.29, 0.717) is 19.1 Å². The summed E-state index contributed by atoms with van der Waals surface area (Å²) in [5.74, 6) is 0.577. The monoisotopic (exact) mass is 320 g/mol. The van der Waals surface area contributed by atoms with Gasteiger partial charge in [-0.2, -0.15) is 0 Å². The number of ether oxygens (including phenoxy) is 1. The van der Waals surface area contributed by atoms with Gasteiger partial charge in [0, 0.05) is 54.8 Å². The zero-order valence-corrected chi connectivity index (χ0v) is 13.2. The Kier molecular flexibility index (Phi) is 3.76. The summed E-state index contributed by atoms with van der Waals surface area (Å²) in [5.41, 5.74) is 3.55. The summed E-state index contributed by atoms with van der Waals surface area (Å²) in [5, 5.41) is 5.22. The fourth-order valence-electron chi connectivity index (χ4n) is 2.59. The van der Waals surface area contributed by atoms with Gasteiger partial charge in [-0.25, -0.2) is 15.0 Å². The van der Waals surface area contributed by atoms with Crippen LogP contribution in [0.3, 0.4) is 0 Å². The maximum Gasteiger partial charge on any atom is 0.222 e. The van der Waals surface area contributed by atoms with Gasteiger partial charge >= 0.3 is 0 Å². The number of rotatable bonds is 5. The minimum Gasteiger partial charge on any atom is -0.383 e. The van der Waals surface area contributed by atoms with Crippen LogP contribution in [0, 0.1) is 0 Å². The number of nitrogens with one attached hydrogen (secondary N) is 2. The Morgan fingerprint density at radius 2 is 1.96 bits per heavy atom. The molecule has 0 bridgehead atoms. The SMILES string of the molecule is COCCNc1ncc(-c2ccc3c(n2)[nH]c2ccncc23)cn1. The van der Waals surface area contributed by atoms with Crippen LogP contribution in [-0.2, 0) is 4.74 Å². The number of pyridine rings is 2. The van der Waals surface area contributed by atoms with Crippen LogP contribution in [-0.4, -0.2) is 45.2 Å². The van der Waals surface area contributed by atoms with Crippen molar-refractivity contribution >= 4 is 27.9 Å². The van der Waals surface area contributed by atoms with Crippen molar-refractivity contribution in [2.45, 2.75) is 0 Å². The Bertz CT molecular complexity index is 979. The molecule has 120 valence electrons. The third-order valence-corrected chi connectivity index (χ3v) is 3.80. The summed E-state index contributed by atoms with van der Waals surface area (Å²) >= 11 is 0. The van der Waals surface area contributed by atoms with E-state index in [1.54, 1.807) is 25.7 Å². The molecule has 0 saturated carbocycles. The van der Waals surface area contributed by atoms with Crippen LogP contribution in [0.1, 0.15) is 0 Å². The van der Waals surface area contributed by atoms with Gasteiger partial charge in [-0.15, -0.1) is 0 Å². The zero-order chi connectivity index (χ0) is 16.4. The number of anilines is 1. The lowest BCUT2D eigenvalue weighted by Gasteiger charge is -2.05. The number of methoxy groups -OCH3 is 1. The highest BCUT2D eigenvalue weighted by Crippen LogP contribution is 2.26. The zero-order valence-electron chi connectivity index (χ0n) is 13.2. The van der Waals surface area contributed by atoms with Gasteiger partial charge in [0.05, 0.1) is 17.8 Å². The third-order valence-electron chi connectivity index (χ3n) is 3.80. The smallest absolute Gasteiger partial charge is 0.222 e. The number of H-pyrrole nitrogens is 1. The lowest BCUT2D eigenvalue weighted by molar-refractivity contribution is 0.210. The van der Waals surface area contributed by atoms with Gasteiger partial charge in [0.25, 0.3) is 0 Å². The van der Waals surface area contributed by atoms with E-state index in [4.69, 9.17) is 4.74 Å². The van der Waals surface area contributed by atoms with E-state index in [9.17, 15) is 0 Å². The largest absolute Gasteiger partial charge is 0.383 e. The van der Waals surface area contributed by atoms with Crippen LogP contribution in [0.5, 0.6) is 0 Å². The Morgan fingerprint density at radius 1 is 1.08 bits per heavy atom. The quantitative estimate of drug-likeness (QED) is 0.550. The van der Waals surface area contributed by atoms with Crippen molar-refractivity contribution in [1.29, 1.82) is 0 Å². The number of nitrogens with zero attached hydrogens (tertiary/aromatic N) is 4. The van der Waals surface area contributed by atoms with Crippen LogP contribution >= 0.6 is 0 Å². The number of fused-ring (bicyclic) bond motifs is 3. The second-order valence-electron chi connectivity index (χ2n) is 5.35. The lowest BCUT2D eigenvalue weighted by Crippen LogP contribution is -2.09. The summed E-state index contributed by atoms with van der Waals surface area (Å²) in [7, 11) is 1.66. The summed E-state index contributed by atoms with van der Waals surface area (Å²) in [6.45, 7) is 1.28. The number of hydrogen-bond donors (Lipinski definition) is 2. The molecule has 4 heterocycles. The maximum absolute atomic E-state index is 4.99. The summed E-state index contributed by atoms with van der Waals surface area (Å²) in [4.78, 5) is 20.8. The Balaban J connectivity index is 1.65. The van der Waals surface area contributed by atoms with E-state index < -0.39 is 0 Å². The van der Waals surface area contributed by atoms with Gasteiger partial charge in [0.1, 0.15) is 5.65 Å². The number of hydrogen-bond acceptors (Lipinski definition) is 6. The van der Waals surface area contributed by atoms with Crippen molar-refractivity contribution in [1.82, 2.24) is 24.9 Å². The molecular weight excluding hydrogens is 304 g/mol. The molecular formula is C17H16N6O. The first-order chi connectivity index (χ1) is 11.8. The fourth-order valence-corrected chi connectivity index (χ4v) is 2.59. The van der Waals surface area contributed by atoms with Crippen molar-refractivity contribution in [3.63, 3.8) is 0 Å². The molecule has 7 heteroatoms. The molecule has 4 aromatic rings. The molecule has 2 N–H and O–H groups in total. The molecule has 0 fully saturated rings. The molecule has 0 amide bonds. The first-order valence-corrected chi connectivity index (χ1v) is 7.63. The molecule has 0 aliphatic heterocycles. The molecule has 0 unspecified atom stereocenters. The predicted molar refractivity (Wildman–Crippen MR) is 92.8 cm³/mol. The molecule has 0 aliphatic carbocycles. The van der Waals surface area contributed by atoms with Gasteiger partial charge in [-0.3, -0.25) is 4.98 Å². The van der Waals surface area contributed by atoms with E-state index in [-0.39, 0.29) is 0 Å². The maximum atomic E-state index is 4.99. The van der Waals surface area contributed by atoms with Crippen molar-refractivity contribution in [2.24, 2.45) is 0 Å². The van der Waals surface area contributed by atoms with E-state index in [1.165, 1.54) is 0 Å². The van der Waals surface area contributed by atoms with Crippen LogP contribution in [0.25, 0.3) is 33.2 Å². The van der Waals surface area contributed by atoms with Gasteiger partial charge < -0.3 is 15.0 Å². The van der Waals surface area contributed by atoms with Crippen molar-refractivity contribution in [3.8, 4) is 11.3 Å². The molecule has 0 radical (unpaired) electrons.